The molecular formula is C12H13N3O3S. The molecule has 2 heterocycles. The van der Waals surface area contributed by atoms with Gasteiger partial charge in [0.15, 0.2) is 0 Å². The van der Waals surface area contributed by atoms with E-state index < -0.39 is 4.92 Å². The van der Waals surface area contributed by atoms with Crippen molar-refractivity contribution in [2.75, 3.05) is 11.9 Å². The molecule has 0 fully saturated rings. The first kappa shape index (κ1) is 13.3. The van der Waals surface area contributed by atoms with Crippen molar-refractivity contribution in [1.82, 2.24) is 4.98 Å². The number of rotatable bonds is 6. The zero-order chi connectivity index (χ0) is 13.7. The summed E-state index contributed by atoms with van der Waals surface area (Å²) in [5.41, 5.74) is -0.0351. The van der Waals surface area contributed by atoms with Crippen molar-refractivity contribution in [1.29, 1.82) is 0 Å². The third kappa shape index (κ3) is 3.65. The van der Waals surface area contributed by atoms with Gasteiger partial charge < -0.3 is 10.1 Å². The Morgan fingerprint density at radius 1 is 1.53 bits per heavy atom. The number of aromatic nitrogens is 1. The summed E-state index contributed by atoms with van der Waals surface area (Å²) >= 11 is 1.56. The van der Waals surface area contributed by atoms with Crippen LogP contribution in [0.4, 0.5) is 11.5 Å². The van der Waals surface area contributed by atoms with Gasteiger partial charge in [0.2, 0.25) is 5.88 Å². The van der Waals surface area contributed by atoms with Gasteiger partial charge in [-0.3, -0.25) is 10.1 Å². The first-order chi connectivity index (χ1) is 9.19. The number of nitro groups is 1. The van der Waals surface area contributed by atoms with Crippen LogP contribution in [0.25, 0.3) is 0 Å². The van der Waals surface area contributed by atoms with Crippen molar-refractivity contribution in [3.05, 3.63) is 44.6 Å². The Bertz CT molecular complexity index is 557. The second kappa shape index (κ2) is 6.14. The van der Waals surface area contributed by atoms with E-state index >= 15 is 0 Å². The van der Waals surface area contributed by atoms with Crippen LogP contribution in [-0.4, -0.2) is 16.5 Å². The largest absolute Gasteiger partial charge is 0.472 e. The van der Waals surface area contributed by atoms with Gasteiger partial charge in [0.25, 0.3) is 5.69 Å². The SMILES string of the molecule is CCNc1cc([N+](=O)[O-])cc(OCc2cccs2)n1. The number of nitrogens with zero attached hydrogens (tertiary/aromatic N) is 2. The van der Waals surface area contributed by atoms with E-state index in [0.29, 0.717) is 19.0 Å². The van der Waals surface area contributed by atoms with Gasteiger partial charge in [-0.2, -0.15) is 4.98 Å². The van der Waals surface area contributed by atoms with E-state index in [1.807, 2.05) is 24.4 Å². The van der Waals surface area contributed by atoms with Crippen molar-refractivity contribution in [3.63, 3.8) is 0 Å². The highest BCUT2D eigenvalue weighted by molar-refractivity contribution is 7.09. The minimum absolute atomic E-state index is 0.0351. The van der Waals surface area contributed by atoms with E-state index in [0.717, 1.165) is 4.88 Å². The van der Waals surface area contributed by atoms with Gasteiger partial charge in [0.05, 0.1) is 17.1 Å². The van der Waals surface area contributed by atoms with E-state index in [-0.39, 0.29) is 11.6 Å². The Hall–Kier alpha value is -2.15. The van der Waals surface area contributed by atoms with Crippen molar-refractivity contribution in [2.24, 2.45) is 0 Å². The molecule has 0 atom stereocenters. The number of nitrogens with one attached hydrogen (secondary N) is 1. The second-order valence-electron chi connectivity index (χ2n) is 3.70. The molecule has 0 aliphatic heterocycles. The maximum Gasteiger partial charge on any atom is 0.278 e. The van der Waals surface area contributed by atoms with E-state index in [1.54, 1.807) is 11.3 Å². The van der Waals surface area contributed by atoms with E-state index in [2.05, 4.69) is 10.3 Å². The van der Waals surface area contributed by atoms with Crippen molar-refractivity contribution in [3.8, 4) is 5.88 Å². The lowest BCUT2D eigenvalue weighted by molar-refractivity contribution is -0.384. The summed E-state index contributed by atoms with van der Waals surface area (Å²) in [4.78, 5) is 15.6. The van der Waals surface area contributed by atoms with Crippen LogP contribution in [0.5, 0.6) is 5.88 Å². The highest BCUT2D eigenvalue weighted by Gasteiger charge is 2.12. The quantitative estimate of drug-likeness (QED) is 0.649. The van der Waals surface area contributed by atoms with Crippen molar-refractivity contribution in [2.45, 2.75) is 13.5 Å². The molecule has 0 radical (unpaired) electrons. The van der Waals surface area contributed by atoms with Crippen LogP contribution in [0.3, 0.4) is 0 Å². The summed E-state index contributed by atoms with van der Waals surface area (Å²) in [5, 5.41) is 15.7. The molecule has 100 valence electrons. The zero-order valence-corrected chi connectivity index (χ0v) is 11.1. The third-order valence-electron chi connectivity index (χ3n) is 2.30. The van der Waals surface area contributed by atoms with Crippen LogP contribution >= 0.6 is 11.3 Å². The maximum atomic E-state index is 10.8. The Labute approximate surface area is 114 Å². The fourth-order valence-electron chi connectivity index (χ4n) is 1.48. The minimum atomic E-state index is -0.458. The maximum absolute atomic E-state index is 10.8. The van der Waals surface area contributed by atoms with Gasteiger partial charge in [-0.1, -0.05) is 6.07 Å². The molecule has 0 unspecified atom stereocenters. The minimum Gasteiger partial charge on any atom is -0.472 e. The summed E-state index contributed by atoms with van der Waals surface area (Å²) < 4.78 is 5.48. The molecule has 0 saturated carbocycles. The number of pyridine rings is 1. The van der Waals surface area contributed by atoms with Crippen molar-refractivity contribution < 1.29 is 9.66 Å². The molecule has 6 nitrogen and oxygen atoms in total. The number of hydrogen-bond acceptors (Lipinski definition) is 6. The molecule has 0 spiro atoms. The van der Waals surface area contributed by atoms with E-state index in [9.17, 15) is 10.1 Å². The Kier molecular flexibility index (Phi) is 4.30. The lowest BCUT2D eigenvalue weighted by Gasteiger charge is -2.07. The lowest BCUT2D eigenvalue weighted by atomic mass is 10.4. The van der Waals surface area contributed by atoms with Gasteiger partial charge in [-0.25, -0.2) is 0 Å². The van der Waals surface area contributed by atoms with Crippen LogP contribution in [0.1, 0.15) is 11.8 Å². The molecule has 2 rings (SSSR count). The van der Waals surface area contributed by atoms with Gasteiger partial charge in [-0.05, 0) is 18.4 Å². The van der Waals surface area contributed by atoms with Crippen LogP contribution in [-0.2, 0) is 6.61 Å². The van der Waals surface area contributed by atoms with E-state index in [4.69, 9.17) is 4.74 Å². The highest BCUT2D eigenvalue weighted by Crippen LogP contribution is 2.23. The van der Waals surface area contributed by atoms with E-state index in [1.165, 1.54) is 12.1 Å². The topological polar surface area (TPSA) is 77.3 Å². The first-order valence-corrected chi connectivity index (χ1v) is 6.62. The highest BCUT2D eigenvalue weighted by atomic mass is 32.1. The number of thiophene rings is 1. The zero-order valence-electron chi connectivity index (χ0n) is 10.3. The second-order valence-corrected chi connectivity index (χ2v) is 4.74. The Morgan fingerprint density at radius 3 is 3.00 bits per heavy atom. The van der Waals surface area contributed by atoms with Gasteiger partial charge >= 0.3 is 0 Å². The summed E-state index contributed by atoms with van der Waals surface area (Å²) in [5.74, 6) is 0.691. The average Bonchev–Trinajstić information content (AvgIpc) is 2.89. The molecule has 2 aromatic heterocycles. The fraction of sp³-hybridized carbons (Fsp3) is 0.250. The molecule has 0 aromatic carbocycles. The average molecular weight is 279 g/mol. The summed E-state index contributed by atoms with van der Waals surface area (Å²) in [7, 11) is 0. The summed E-state index contributed by atoms with van der Waals surface area (Å²) in [6, 6.07) is 6.58. The standard InChI is InChI=1S/C12H13N3O3S/c1-2-13-11-6-9(15(16)17)7-12(14-11)18-8-10-4-3-5-19-10/h3-7H,2,8H2,1H3,(H,13,14). The van der Waals surface area contributed by atoms with Crippen LogP contribution < -0.4 is 10.1 Å². The molecule has 0 amide bonds. The van der Waals surface area contributed by atoms with Gasteiger partial charge in [0, 0.05) is 11.4 Å². The lowest BCUT2D eigenvalue weighted by Crippen LogP contribution is -2.03. The third-order valence-corrected chi connectivity index (χ3v) is 3.15. The molecule has 1 N–H and O–H groups in total. The predicted molar refractivity (Wildman–Crippen MR) is 73.7 cm³/mol. The molecule has 19 heavy (non-hydrogen) atoms. The Morgan fingerprint density at radius 2 is 2.37 bits per heavy atom. The molecular weight excluding hydrogens is 266 g/mol. The van der Waals surface area contributed by atoms with Gasteiger partial charge in [-0.15, -0.1) is 11.3 Å². The monoisotopic (exact) mass is 279 g/mol. The fourth-order valence-corrected chi connectivity index (χ4v) is 2.10. The molecule has 0 aliphatic carbocycles. The number of ether oxygens (including phenoxy) is 1. The van der Waals surface area contributed by atoms with Crippen LogP contribution in [0, 0.1) is 10.1 Å². The van der Waals surface area contributed by atoms with Crippen LogP contribution in [0.15, 0.2) is 29.6 Å². The van der Waals surface area contributed by atoms with Crippen LogP contribution in [0.2, 0.25) is 0 Å². The first-order valence-electron chi connectivity index (χ1n) is 5.74. The smallest absolute Gasteiger partial charge is 0.278 e. The summed E-state index contributed by atoms with van der Waals surface area (Å²) in [6.07, 6.45) is 0. The molecule has 7 heteroatoms. The Balaban J connectivity index is 2.16. The molecule has 2 aromatic rings. The molecule has 0 aliphatic rings. The summed E-state index contributed by atoms with van der Waals surface area (Å²) in [6.45, 7) is 2.89. The molecule has 0 bridgehead atoms. The normalized spacial score (nSPS) is 10.2. The number of anilines is 1. The van der Waals surface area contributed by atoms with Crippen molar-refractivity contribution >= 4 is 22.8 Å². The predicted octanol–water partition coefficient (Wildman–Crippen LogP) is 3.06. The van der Waals surface area contributed by atoms with Gasteiger partial charge in [0.1, 0.15) is 12.4 Å². The number of hydrogen-bond donors (Lipinski definition) is 1. The molecule has 0 saturated heterocycles.